The predicted octanol–water partition coefficient (Wildman–Crippen LogP) is 7.87. The molecule has 7 heteroatoms. The number of ether oxygens (including phenoxy) is 2. The van der Waals surface area contributed by atoms with Gasteiger partial charge in [0, 0.05) is 36.6 Å². The lowest BCUT2D eigenvalue weighted by Crippen LogP contribution is -2.42. The van der Waals surface area contributed by atoms with Gasteiger partial charge in [0.2, 0.25) is 0 Å². The van der Waals surface area contributed by atoms with Crippen molar-refractivity contribution >= 4 is 25.9 Å². The Labute approximate surface area is 245 Å². The number of likely N-dealkylation sites (tertiary alicyclic amines) is 1. The number of hydrogen-bond donors (Lipinski definition) is 0. The van der Waals surface area contributed by atoms with Crippen molar-refractivity contribution in [3.05, 3.63) is 101 Å². The monoisotopic (exact) mass is 579 g/mol. The highest BCUT2D eigenvalue weighted by Crippen LogP contribution is 2.42. The number of halogens is 1. The Balaban J connectivity index is 1.60. The standard InChI is InChI=1S/C33H42ClNO4Si/c1-33(2,3)40(5,6)39-23-26-20-35(21-29(26)25-12-8-7-9-13-25)31(28-14-10-11-15-30(28)34)32(36)38-22-24-16-18-27(37-4)19-17-24/h7-19,26,29,31H,20-23H2,1-6H3/t26-,29-,31?/m1/s1. The lowest BCUT2D eigenvalue weighted by molar-refractivity contribution is -0.151. The first-order valence-corrected chi connectivity index (χ1v) is 17.3. The fourth-order valence-corrected chi connectivity index (χ4v) is 6.32. The fraction of sp³-hybridized carbons (Fsp3) is 0.424. The Morgan fingerprint density at radius 2 is 1.62 bits per heavy atom. The maximum absolute atomic E-state index is 13.8. The number of carbonyl (C=O) groups excluding carboxylic acids is 1. The van der Waals surface area contributed by atoms with Crippen LogP contribution in [0.15, 0.2) is 78.9 Å². The molecule has 3 aromatic carbocycles. The van der Waals surface area contributed by atoms with Crippen LogP contribution in [0.5, 0.6) is 5.75 Å². The van der Waals surface area contributed by atoms with Crippen molar-refractivity contribution in [2.45, 2.75) is 57.5 Å². The molecule has 1 aliphatic heterocycles. The molecule has 0 bridgehead atoms. The van der Waals surface area contributed by atoms with Crippen LogP contribution < -0.4 is 4.74 Å². The summed E-state index contributed by atoms with van der Waals surface area (Å²) in [7, 11) is -0.313. The smallest absolute Gasteiger partial charge is 0.328 e. The van der Waals surface area contributed by atoms with Gasteiger partial charge < -0.3 is 13.9 Å². The van der Waals surface area contributed by atoms with Crippen LogP contribution in [-0.4, -0.2) is 46.0 Å². The molecule has 4 rings (SSSR count). The third-order valence-corrected chi connectivity index (χ3v) is 13.3. The maximum Gasteiger partial charge on any atom is 0.328 e. The molecule has 214 valence electrons. The van der Waals surface area contributed by atoms with Crippen LogP contribution in [0.25, 0.3) is 0 Å². The average Bonchev–Trinajstić information content (AvgIpc) is 3.36. The molecule has 1 aliphatic rings. The molecule has 0 aromatic heterocycles. The van der Waals surface area contributed by atoms with Gasteiger partial charge in [-0.3, -0.25) is 4.90 Å². The highest BCUT2D eigenvalue weighted by molar-refractivity contribution is 6.74. The molecule has 0 N–H and O–H groups in total. The van der Waals surface area contributed by atoms with Crippen molar-refractivity contribution < 1.29 is 18.7 Å². The highest BCUT2D eigenvalue weighted by Gasteiger charge is 2.43. The topological polar surface area (TPSA) is 48.0 Å². The zero-order valence-corrected chi connectivity index (χ0v) is 26.3. The van der Waals surface area contributed by atoms with Crippen LogP contribution in [0.1, 0.15) is 49.4 Å². The number of esters is 1. The van der Waals surface area contributed by atoms with E-state index in [1.807, 2.05) is 54.6 Å². The van der Waals surface area contributed by atoms with Crippen molar-refractivity contribution in [3.63, 3.8) is 0 Å². The summed E-state index contributed by atoms with van der Waals surface area (Å²) in [5, 5.41) is 0.685. The molecule has 0 spiro atoms. The first-order valence-electron chi connectivity index (χ1n) is 14.0. The van der Waals surface area contributed by atoms with Gasteiger partial charge in [-0.1, -0.05) is 93.0 Å². The molecule has 1 heterocycles. The first-order chi connectivity index (χ1) is 19.0. The molecule has 40 heavy (non-hydrogen) atoms. The summed E-state index contributed by atoms with van der Waals surface area (Å²) in [4.78, 5) is 16.0. The van der Waals surface area contributed by atoms with Gasteiger partial charge in [0.1, 0.15) is 18.4 Å². The quantitative estimate of drug-likeness (QED) is 0.181. The van der Waals surface area contributed by atoms with Crippen LogP contribution in [0, 0.1) is 5.92 Å². The zero-order valence-electron chi connectivity index (χ0n) is 24.5. The fourth-order valence-electron chi connectivity index (χ4n) is 5.02. The summed E-state index contributed by atoms with van der Waals surface area (Å²) in [5.41, 5.74) is 2.93. The Hall–Kier alpha value is -2.64. The second-order valence-corrected chi connectivity index (χ2v) is 17.4. The van der Waals surface area contributed by atoms with Gasteiger partial charge in [-0.05, 0) is 53.0 Å². The molecule has 1 saturated heterocycles. The van der Waals surface area contributed by atoms with E-state index in [-0.39, 0.29) is 29.5 Å². The summed E-state index contributed by atoms with van der Waals surface area (Å²) in [6.45, 7) is 13.6. The number of hydrogen-bond acceptors (Lipinski definition) is 5. The zero-order chi connectivity index (χ0) is 28.9. The molecule has 0 saturated carbocycles. The SMILES string of the molecule is COc1ccc(COC(=O)C(c2ccccc2Cl)N2C[C@H](CO[Si](C)(C)C(C)(C)C)[C@@H](c3ccccc3)C2)cc1. The molecule has 0 amide bonds. The molecule has 3 aromatic rings. The number of carbonyl (C=O) groups is 1. The third kappa shape index (κ3) is 7.16. The molecule has 3 atom stereocenters. The van der Waals surface area contributed by atoms with Crippen molar-refractivity contribution in [2.24, 2.45) is 5.92 Å². The minimum atomic E-state index is -1.94. The van der Waals surface area contributed by atoms with Gasteiger partial charge in [-0.15, -0.1) is 0 Å². The summed E-state index contributed by atoms with van der Waals surface area (Å²) >= 11 is 6.69. The van der Waals surface area contributed by atoms with Crippen molar-refractivity contribution in [2.75, 3.05) is 26.8 Å². The summed E-state index contributed by atoms with van der Waals surface area (Å²) in [6, 6.07) is 25.1. The van der Waals surface area contributed by atoms with E-state index in [1.165, 1.54) is 5.56 Å². The van der Waals surface area contributed by atoms with Gasteiger partial charge in [-0.25, -0.2) is 4.79 Å². The summed E-state index contributed by atoms with van der Waals surface area (Å²) < 4.78 is 17.9. The second-order valence-electron chi connectivity index (χ2n) is 12.2. The molecule has 1 unspecified atom stereocenters. The van der Waals surface area contributed by atoms with Gasteiger partial charge >= 0.3 is 5.97 Å². The molecule has 5 nitrogen and oxygen atoms in total. The van der Waals surface area contributed by atoms with Gasteiger partial charge in [0.05, 0.1) is 7.11 Å². The van der Waals surface area contributed by atoms with E-state index in [2.05, 4.69) is 63.0 Å². The molecule has 1 fully saturated rings. The van der Waals surface area contributed by atoms with E-state index >= 15 is 0 Å². The number of rotatable bonds is 10. The number of benzene rings is 3. The van der Waals surface area contributed by atoms with Gasteiger partial charge in [0.15, 0.2) is 8.32 Å². The molecule has 0 radical (unpaired) electrons. The van der Waals surface area contributed by atoms with Crippen LogP contribution in [0.4, 0.5) is 0 Å². The molecule has 0 aliphatic carbocycles. The largest absolute Gasteiger partial charge is 0.497 e. The third-order valence-electron chi connectivity index (χ3n) is 8.49. The Bertz CT molecular complexity index is 1260. The normalized spacial score (nSPS) is 18.9. The van der Waals surface area contributed by atoms with E-state index in [0.717, 1.165) is 16.9 Å². The van der Waals surface area contributed by atoms with Crippen LogP contribution in [0.3, 0.4) is 0 Å². The van der Waals surface area contributed by atoms with Gasteiger partial charge in [0.25, 0.3) is 0 Å². The summed E-state index contributed by atoms with van der Waals surface area (Å²) in [6.07, 6.45) is 0. The van der Waals surface area contributed by atoms with E-state index in [4.69, 9.17) is 25.5 Å². The number of methoxy groups -OCH3 is 1. The van der Waals surface area contributed by atoms with Gasteiger partial charge in [-0.2, -0.15) is 0 Å². The second kappa shape index (κ2) is 12.9. The summed E-state index contributed by atoms with van der Waals surface area (Å²) in [5.74, 6) is 0.918. The average molecular weight is 580 g/mol. The van der Waals surface area contributed by atoms with Crippen molar-refractivity contribution in [1.29, 1.82) is 0 Å². The van der Waals surface area contributed by atoms with E-state index in [9.17, 15) is 4.79 Å². The minimum absolute atomic E-state index is 0.124. The first kappa shape index (κ1) is 30.3. The predicted molar refractivity (Wildman–Crippen MR) is 164 cm³/mol. The Kier molecular flexibility index (Phi) is 9.78. The lowest BCUT2D eigenvalue weighted by atomic mass is 9.90. The Morgan fingerprint density at radius 1 is 0.975 bits per heavy atom. The molecular weight excluding hydrogens is 538 g/mol. The lowest BCUT2D eigenvalue weighted by Gasteiger charge is -2.37. The van der Waals surface area contributed by atoms with Crippen LogP contribution >= 0.6 is 11.6 Å². The molecular formula is C33H42ClNO4Si. The van der Waals surface area contributed by atoms with Crippen LogP contribution in [-0.2, 0) is 20.6 Å². The van der Waals surface area contributed by atoms with Crippen molar-refractivity contribution in [3.8, 4) is 5.75 Å². The Morgan fingerprint density at radius 3 is 2.25 bits per heavy atom. The highest BCUT2D eigenvalue weighted by atomic mass is 35.5. The minimum Gasteiger partial charge on any atom is -0.497 e. The van der Waals surface area contributed by atoms with E-state index < -0.39 is 14.4 Å². The number of nitrogens with zero attached hydrogens (tertiary/aromatic N) is 1. The van der Waals surface area contributed by atoms with E-state index in [1.54, 1.807) is 7.11 Å². The van der Waals surface area contributed by atoms with Crippen LogP contribution in [0.2, 0.25) is 23.2 Å². The maximum atomic E-state index is 13.8. The van der Waals surface area contributed by atoms with Crippen molar-refractivity contribution in [1.82, 2.24) is 4.90 Å². The van der Waals surface area contributed by atoms with E-state index in [0.29, 0.717) is 24.7 Å².